The smallest absolute Gasteiger partial charge is 0.203 e. The Kier molecular flexibility index (Phi) is 2.44. The number of ether oxygens (including phenoxy) is 2. The maximum atomic E-state index is 10.0. The van der Waals surface area contributed by atoms with Crippen LogP contribution in [-0.4, -0.2) is 19.3 Å². The molecule has 0 unspecified atom stereocenters. The van der Waals surface area contributed by atoms with Gasteiger partial charge in [-0.05, 0) is 17.9 Å². The largest absolute Gasteiger partial charge is 0.504 e. The third-order valence-corrected chi connectivity index (χ3v) is 3.41. The van der Waals surface area contributed by atoms with E-state index in [1.165, 1.54) is 7.11 Å². The molecule has 0 spiro atoms. The van der Waals surface area contributed by atoms with Crippen LogP contribution < -0.4 is 9.47 Å². The molecular weight excluding hydrogens is 212 g/mol. The molecule has 0 radical (unpaired) electrons. The summed E-state index contributed by atoms with van der Waals surface area (Å²) >= 11 is 1.58. The lowest BCUT2D eigenvalue weighted by Gasteiger charge is -2.10. The number of benzene rings is 1. The molecule has 0 aliphatic carbocycles. The van der Waals surface area contributed by atoms with E-state index in [2.05, 4.69) is 0 Å². The van der Waals surface area contributed by atoms with E-state index in [0.717, 1.165) is 15.6 Å². The molecule has 1 N–H and O–H groups in total. The molecule has 15 heavy (non-hydrogen) atoms. The van der Waals surface area contributed by atoms with Gasteiger partial charge in [0.05, 0.1) is 14.2 Å². The summed E-state index contributed by atoms with van der Waals surface area (Å²) in [6, 6.07) is 1.88. The van der Waals surface area contributed by atoms with Crippen LogP contribution in [0.25, 0.3) is 10.1 Å². The van der Waals surface area contributed by atoms with Crippen LogP contribution in [0.3, 0.4) is 0 Å². The predicted octanol–water partition coefficient (Wildman–Crippen LogP) is 2.93. The van der Waals surface area contributed by atoms with Gasteiger partial charge in [0.25, 0.3) is 0 Å². The second-order valence-corrected chi connectivity index (χ2v) is 4.16. The van der Waals surface area contributed by atoms with E-state index in [1.807, 2.05) is 18.4 Å². The van der Waals surface area contributed by atoms with Crippen LogP contribution in [0.2, 0.25) is 0 Å². The molecule has 80 valence electrons. The molecule has 0 bridgehead atoms. The summed E-state index contributed by atoms with van der Waals surface area (Å²) in [7, 11) is 3.08. The van der Waals surface area contributed by atoms with Crippen molar-refractivity contribution in [2.45, 2.75) is 6.92 Å². The van der Waals surface area contributed by atoms with Gasteiger partial charge in [0.2, 0.25) is 5.75 Å². The molecule has 0 aliphatic heterocycles. The molecule has 0 saturated heterocycles. The van der Waals surface area contributed by atoms with Crippen molar-refractivity contribution in [1.82, 2.24) is 0 Å². The first-order chi connectivity index (χ1) is 7.19. The van der Waals surface area contributed by atoms with Gasteiger partial charge in [-0.15, -0.1) is 11.3 Å². The number of phenols is 1. The fourth-order valence-electron chi connectivity index (χ4n) is 1.64. The molecule has 1 aromatic carbocycles. The molecule has 0 saturated carbocycles. The number of thiophene rings is 1. The van der Waals surface area contributed by atoms with Crippen molar-refractivity contribution < 1.29 is 14.6 Å². The van der Waals surface area contributed by atoms with Gasteiger partial charge in [-0.1, -0.05) is 0 Å². The molecule has 3 nitrogen and oxygen atoms in total. The monoisotopic (exact) mass is 224 g/mol. The lowest BCUT2D eigenvalue weighted by Crippen LogP contribution is -1.91. The number of phenolic OH excluding ortho intramolecular Hbond substituents is 1. The SMILES string of the molecule is COc1cc2scc(C)c2c(O)c1OC. The molecule has 2 rings (SSSR count). The zero-order chi connectivity index (χ0) is 11.0. The van der Waals surface area contributed by atoms with Crippen molar-refractivity contribution in [3.05, 3.63) is 17.0 Å². The summed E-state index contributed by atoms with van der Waals surface area (Å²) in [6.07, 6.45) is 0. The Labute approximate surface area is 91.9 Å². The van der Waals surface area contributed by atoms with Gasteiger partial charge in [-0.2, -0.15) is 0 Å². The quantitative estimate of drug-likeness (QED) is 0.852. The Morgan fingerprint density at radius 2 is 2.00 bits per heavy atom. The fraction of sp³-hybridized carbons (Fsp3) is 0.273. The fourth-order valence-corrected chi connectivity index (χ4v) is 2.61. The van der Waals surface area contributed by atoms with Crippen molar-refractivity contribution in [3.8, 4) is 17.2 Å². The molecule has 1 heterocycles. The minimum atomic E-state index is 0.158. The zero-order valence-corrected chi connectivity index (χ0v) is 9.64. The summed E-state index contributed by atoms with van der Waals surface area (Å²) < 4.78 is 11.3. The number of methoxy groups -OCH3 is 2. The Morgan fingerprint density at radius 3 is 2.60 bits per heavy atom. The van der Waals surface area contributed by atoms with E-state index >= 15 is 0 Å². The Morgan fingerprint density at radius 1 is 1.27 bits per heavy atom. The number of aromatic hydroxyl groups is 1. The van der Waals surface area contributed by atoms with Crippen LogP contribution >= 0.6 is 11.3 Å². The number of rotatable bonds is 2. The van der Waals surface area contributed by atoms with Crippen LogP contribution in [0.5, 0.6) is 17.2 Å². The molecule has 2 aromatic rings. The molecule has 0 aliphatic rings. The van der Waals surface area contributed by atoms with Crippen molar-refractivity contribution >= 4 is 21.4 Å². The lowest BCUT2D eigenvalue weighted by molar-refractivity contribution is 0.335. The number of hydrogen-bond donors (Lipinski definition) is 1. The summed E-state index contributed by atoms with van der Waals surface area (Å²) in [5.74, 6) is 1.11. The third kappa shape index (κ3) is 1.41. The molecule has 0 atom stereocenters. The first-order valence-electron chi connectivity index (χ1n) is 4.50. The van der Waals surface area contributed by atoms with Crippen molar-refractivity contribution in [1.29, 1.82) is 0 Å². The van der Waals surface area contributed by atoms with Gasteiger partial charge in [-0.25, -0.2) is 0 Å². The highest BCUT2D eigenvalue weighted by molar-refractivity contribution is 7.17. The number of hydrogen-bond acceptors (Lipinski definition) is 4. The van der Waals surface area contributed by atoms with E-state index in [4.69, 9.17) is 9.47 Å². The standard InChI is InChI=1S/C11H12O3S/c1-6-5-15-8-4-7(13-2)11(14-3)10(12)9(6)8/h4-5,12H,1-3H3. The highest BCUT2D eigenvalue weighted by atomic mass is 32.1. The lowest BCUT2D eigenvalue weighted by atomic mass is 10.1. The van der Waals surface area contributed by atoms with Crippen LogP contribution in [-0.2, 0) is 0 Å². The van der Waals surface area contributed by atoms with E-state index in [0.29, 0.717) is 11.5 Å². The molecule has 4 heteroatoms. The van der Waals surface area contributed by atoms with Gasteiger partial charge < -0.3 is 14.6 Å². The molecule has 0 fully saturated rings. The topological polar surface area (TPSA) is 38.7 Å². The highest BCUT2D eigenvalue weighted by Crippen LogP contribution is 2.45. The summed E-state index contributed by atoms with van der Waals surface area (Å²) in [5, 5.41) is 12.9. The Bertz CT molecular complexity index is 502. The van der Waals surface area contributed by atoms with E-state index in [9.17, 15) is 5.11 Å². The summed E-state index contributed by atoms with van der Waals surface area (Å²) in [5.41, 5.74) is 1.05. The van der Waals surface area contributed by atoms with Crippen molar-refractivity contribution in [2.75, 3.05) is 14.2 Å². The van der Waals surface area contributed by atoms with Gasteiger partial charge >= 0.3 is 0 Å². The van der Waals surface area contributed by atoms with Gasteiger partial charge in [0.1, 0.15) is 0 Å². The van der Waals surface area contributed by atoms with E-state index < -0.39 is 0 Å². The zero-order valence-electron chi connectivity index (χ0n) is 8.83. The summed E-state index contributed by atoms with van der Waals surface area (Å²) in [4.78, 5) is 0. The van der Waals surface area contributed by atoms with Crippen LogP contribution in [0, 0.1) is 6.92 Å². The Hall–Kier alpha value is -1.42. The first-order valence-corrected chi connectivity index (χ1v) is 5.38. The van der Waals surface area contributed by atoms with Crippen molar-refractivity contribution in [2.24, 2.45) is 0 Å². The van der Waals surface area contributed by atoms with Crippen LogP contribution in [0.1, 0.15) is 5.56 Å². The van der Waals surface area contributed by atoms with E-state index in [1.54, 1.807) is 18.4 Å². The Balaban J connectivity index is 2.84. The van der Waals surface area contributed by atoms with Gasteiger partial charge in [0.15, 0.2) is 11.5 Å². The minimum Gasteiger partial charge on any atom is -0.504 e. The van der Waals surface area contributed by atoms with Crippen molar-refractivity contribution in [3.63, 3.8) is 0 Å². The number of fused-ring (bicyclic) bond motifs is 1. The molecular formula is C11H12O3S. The third-order valence-electron chi connectivity index (χ3n) is 2.37. The second kappa shape index (κ2) is 3.62. The van der Waals surface area contributed by atoms with Crippen LogP contribution in [0.4, 0.5) is 0 Å². The molecule has 1 aromatic heterocycles. The first kappa shape index (κ1) is 10.1. The van der Waals surface area contributed by atoms with Gasteiger partial charge in [-0.3, -0.25) is 0 Å². The van der Waals surface area contributed by atoms with Gasteiger partial charge in [0, 0.05) is 16.2 Å². The van der Waals surface area contributed by atoms with E-state index in [-0.39, 0.29) is 5.75 Å². The predicted molar refractivity (Wildman–Crippen MR) is 61.3 cm³/mol. The second-order valence-electron chi connectivity index (χ2n) is 3.25. The molecule has 0 amide bonds. The van der Waals surface area contributed by atoms with Crippen LogP contribution in [0.15, 0.2) is 11.4 Å². The maximum Gasteiger partial charge on any atom is 0.203 e. The highest BCUT2D eigenvalue weighted by Gasteiger charge is 2.16. The summed E-state index contributed by atoms with van der Waals surface area (Å²) in [6.45, 7) is 1.96. The average molecular weight is 224 g/mol. The maximum absolute atomic E-state index is 10.0. The minimum absolute atomic E-state index is 0.158. The average Bonchev–Trinajstić information content (AvgIpc) is 2.60. The number of aryl methyl sites for hydroxylation is 1. The normalized spacial score (nSPS) is 10.6.